The summed E-state index contributed by atoms with van der Waals surface area (Å²) in [6.07, 6.45) is 1.50. The Kier molecular flexibility index (Phi) is 6.27. The molecule has 4 rings (SSSR count). The second-order valence-electron chi connectivity index (χ2n) is 6.98. The van der Waals surface area contributed by atoms with Gasteiger partial charge in [0.05, 0.1) is 23.4 Å². The van der Waals surface area contributed by atoms with Crippen LogP contribution in [0.25, 0.3) is 16.9 Å². The van der Waals surface area contributed by atoms with Crippen molar-refractivity contribution >= 4 is 29.1 Å². The molecule has 1 amide bonds. The Morgan fingerprint density at radius 1 is 1.23 bits per heavy atom. The molecular weight excluding hydrogens is 425 g/mol. The zero-order chi connectivity index (χ0) is 21.1. The molecular formula is C22H21Cl2N3O3. The minimum atomic E-state index is -0.292. The normalized spacial score (nSPS) is 15.8. The van der Waals surface area contributed by atoms with E-state index in [9.17, 15) is 4.79 Å². The van der Waals surface area contributed by atoms with Gasteiger partial charge in [0.25, 0.3) is 0 Å². The zero-order valence-electron chi connectivity index (χ0n) is 16.4. The molecule has 1 unspecified atom stereocenters. The van der Waals surface area contributed by atoms with Crippen molar-refractivity contribution in [2.75, 3.05) is 20.3 Å². The average molecular weight is 446 g/mol. The third kappa shape index (κ3) is 4.17. The summed E-state index contributed by atoms with van der Waals surface area (Å²) in [5.74, 6) is 0.438. The molecule has 8 heteroatoms. The molecule has 6 nitrogen and oxygen atoms in total. The number of carbonyl (C=O) groups excluding carboxylic acids is 1. The van der Waals surface area contributed by atoms with Crippen LogP contribution in [0.2, 0.25) is 10.0 Å². The summed E-state index contributed by atoms with van der Waals surface area (Å²) in [5, 5.41) is 9.06. The van der Waals surface area contributed by atoms with E-state index in [0.29, 0.717) is 34.5 Å². The lowest BCUT2D eigenvalue weighted by Crippen LogP contribution is -2.31. The van der Waals surface area contributed by atoms with Gasteiger partial charge in [-0.05, 0) is 37.1 Å². The molecule has 0 spiro atoms. The number of halogens is 2. The molecule has 2 aromatic carbocycles. The van der Waals surface area contributed by atoms with E-state index < -0.39 is 0 Å². The second kappa shape index (κ2) is 9.08. The fraction of sp³-hybridized carbons (Fsp3) is 0.273. The van der Waals surface area contributed by atoms with Crippen LogP contribution in [-0.2, 0) is 9.53 Å². The number of nitrogens with one attached hydrogen (secondary N) is 1. The molecule has 1 atom stereocenters. The fourth-order valence-corrected chi connectivity index (χ4v) is 3.90. The highest BCUT2D eigenvalue weighted by atomic mass is 35.5. The number of fused-ring (bicyclic) bond motifs is 1. The maximum atomic E-state index is 12.2. The van der Waals surface area contributed by atoms with E-state index in [1.807, 2.05) is 48.5 Å². The van der Waals surface area contributed by atoms with E-state index in [4.69, 9.17) is 37.8 Å². The third-order valence-electron chi connectivity index (χ3n) is 4.89. The van der Waals surface area contributed by atoms with Crippen molar-refractivity contribution in [2.45, 2.75) is 18.9 Å². The second-order valence-corrected chi connectivity index (χ2v) is 7.82. The summed E-state index contributed by atoms with van der Waals surface area (Å²) in [6, 6.07) is 14.7. The molecule has 0 saturated heterocycles. The number of nitrogens with zero attached hydrogens (tertiary/aromatic N) is 2. The quantitative estimate of drug-likeness (QED) is 0.610. The summed E-state index contributed by atoms with van der Waals surface area (Å²) in [7, 11) is 1.49. The van der Waals surface area contributed by atoms with Crippen molar-refractivity contribution in [3.63, 3.8) is 0 Å². The first kappa shape index (κ1) is 20.7. The van der Waals surface area contributed by atoms with E-state index in [-0.39, 0.29) is 18.6 Å². The first-order valence-electron chi connectivity index (χ1n) is 9.63. The van der Waals surface area contributed by atoms with E-state index in [0.717, 1.165) is 23.4 Å². The highest BCUT2D eigenvalue weighted by molar-refractivity contribution is 6.32. The van der Waals surface area contributed by atoms with Gasteiger partial charge in [-0.2, -0.15) is 5.10 Å². The Labute approximate surface area is 184 Å². The molecule has 1 N–H and O–H groups in total. The number of para-hydroxylation sites is 1. The van der Waals surface area contributed by atoms with E-state index >= 15 is 0 Å². The molecule has 0 aliphatic carbocycles. The van der Waals surface area contributed by atoms with Crippen LogP contribution >= 0.6 is 23.2 Å². The lowest BCUT2D eigenvalue weighted by Gasteiger charge is -2.14. The zero-order valence-corrected chi connectivity index (χ0v) is 17.9. The van der Waals surface area contributed by atoms with Gasteiger partial charge >= 0.3 is 0 Å². The standard InChI is InChI=1S/C22H21Cl2N3O3/c1-29-13-19(28)25-17-6-4-12-30-22-20(17)26-27(18-7-3-2-5-16(18)24)21(22)14-8-10-15(23)11-9-14/h2-3,5,7-11,17H,4,6,12-13H2,1H3,(H,25,28). The van der Waals surface area contributed by atoms with Gasteiger partial charge in [-0.1, -0.05) is 47.5 Å². The van der Waals surface area contributed by atoms with Crippen molar-refractivity contribution < 1.29 is 14.3 Å². The minimum Gasteiger partial charge on any atom is -0.489 e. The largest absolute Gasteiger partial charge is 0.489 e. The molecule has 0 saturated carbocycles. The lowest BCUT2D eigenvalue weighted by atomic mass is 10.1. The maximum absolute atomic E-state index is 12.2. The molecule has 1 aliphatic rings. The van der Waals surface area contributed by atoms with Crippen LogP contribution in [0, 0.1) is 0 Å². The lowest BCUT2D eigenvalue weighted by molar-refractivity contribution is -0.125. The average Bonchev–Trinajstić information content (AvgIpc) is 3.00. The number of hydrogen-bond donors (Lipinski definition) is 1. The van der Waals surface area contributed by atoms with Gasteiger partial charge in [0.2, 0.25) is 5.91 Å². The van der Waals surface area contributed by atoms with Crippen LogP contribution in [0.4, 0.5) is 0 Å². The molecule has 0 fully saturated rings. The van der Waals surface area contributed by atoms with Crippen LogP contribution in [0.3, 0.4) is 0 Å². The Hall–Kier alpha value is -2.54. The van der Waals surface area contributed by atoms with Gasteiger partial charge < -0.3 is 14.8 Å². The molecule has 0 radical (unpaired) electrons. The molecule has 3 aromatic rings. The monoisotopic (exact) mass is 445 g/mol. The number of hydrogen-bond acceptors (Lipinski definition) is 4. The van der Waals surface area contributed by atoms with Crippen molar-refractivity contribution in [3.05, 3.63) is 64.3 Å². The highest BCUT2D eigenvalue weighted by Crippen LogP contribution is 2.42. The Balaban J connectivity index is 1.89. The third-order valence-corrected chi connectivity index (χ3v) is 5.46. The van der Waals surface area contributed by atoms with Gasteiger partial charge in [0.15, 0.2) is 5.75 Å². The Morgan fingerprint density at radius 2 is 2.00 bits per heavy atom. The predicted molar refractivity (Wildman–Crippen MR) is 117 cm³/mol. The van der Waals surface area contributed by atoms with Gasteiger partial charge in [-0.3, -0.25) is 4.79 Å². The van der Waals surface area contributed by atoms with Crippen LogP contribution < -0.4 is 10.1 Å². The first-order valence-corrected chi connectivity index (χ1v) is 10.4. The van der Waals surface area contributed by atoms with Gasteiger partial charge in [-0.25, -0.2) is 4.68 Å². The molecule has 1 aromatic heterocycles. The smallest absolute Gasteiger partial charge is 0.246 e. The fourth-order valence-electron chi connectivity index (χ4n) is 3.56. The Bertz CT molecular complexity index is 1050. The number of ether oxygens (including phenoxy) is 2. The predicted octanol–water partition coefficient (Wildman–Crippen LogP) is 4.82. The maximum Gasteiger partial charge on any atom is 0.246 e. The van der Waals surface area contributed by atoms with Crippen LogP contribution in [-0.4, -0.2) is 36.0 Å². The number of rotatable bonds is 5. The molecule has 156 valence electrons. The first-order chi connectivity index (χ1) is 14.6. The number of amides is 1. The summed E-state index contributed by atoms with van der Waals surface area (Å²) in [6.45, 7) is 0.514. The molecule has 2 heterocycles. The summed E-state index contributed by atoms with van der Waals surface area (Å²) in [4.78, 5) is 12.2. The van der Waals surface area contributed by atoms with Crippen molar-refractivity contribution in [1.82, 2.24) is 15.1 Å². The summed E-state index contributed by atoms with van der Waals surface area (Å²) < 4.78 is 12.9. The van der Waals surface area contributed by atoms with E-state index in [1.165, 1.54) is 7.11 Å². The number of carbonyl (C=O) groups is 1. The van der Waals surface area contributed by atoms with Crippen molar-refractivity contribution in [3.8, 4) is 22.7 Å². The van der Waals surface area contributed by atoms with E-state index in [2.05, 4.69) is 5.32 Å². The summed E-state index contributed by atoms with van der Waals surface area (Å²) in [5.41, 5.74) is 3.05. The number of aromatic nitrogens is 2. The van der Waals surface area contributed by atoms with Crippen LogP contribution in [0.15, 0.2) is 48.5 Å². The minimum absolute atomic E-state index is 0.0120. The SMILES string of the molecule is COCC(=O)NC1CCCOc2c1nn(-c1ccccc1Cl)c2-c1ccc(Cl)cc1. The topological polar surface area (TPSA) is 65.4 Å². The van der Waals surface area contributed by atoms with E-state index in [1.54, 1.807) is 4.68 Å². The molecule has 1 aliphatic heterocycles. The van der Waals surface area contributed by atoms with Crippen LogP contribution in [0.1, 0.15) is 24.6 Å². The highest BCUT2D eigenvalue weighted by Gasteiger charge is 2.30. The Morgan fingerprint density at radius 3 is 2.73 bits per heavy atom. The number of benzene rings is 2. The molecule has 0 bridgehead atoms. The summed E-state index contributed by atoms with van der Waals surface area (Å²) >= 11 is 12.6. The number of methoxy groups -OCH3 is 1. The van der Waals surface area contributed by atoms with Gasteiger partial charge in [0, 0.05) is 17.7 Å². The van der Waals surface area contributed by atoms with Gasteiger partial charge in [-0.15, -0.1) is 0 Å². The van der Waals surface area contributed by atoms with Crippen molar-refractivity contribution in [1.29, 1.82) is 0 Å². The molecule has 30 heavy (non-hydrogen) atoms. The van der Waals surface area contributed by atoms with Crippen LogP contribution in [0.5, 0.6) is 5.75 Å². The van der Waals surface area contributed by atoms with Gasteiger partial charge in [0.1, 0.15) is 18.0 Å². The van der Waals surface area contributed by atoms with Crippen molar-refractivity contribution in [2.24, 2.45) is 0 Å².